The Balaban J connectivity index is 0.00000288. The second-order valence-corrected chi connectivity index (χ2v) is 6.17. The number of hydrogen-bond acceptors (Lipinski definition) is 4. The zero-order chi connectivity index (χ0) is 16.8. The molecule has 5 nitrogen and oxygen atoms in total. The van der Waals surface area contributed by atoms with Crippen molar-refractivity contribution in [3.05, 3.63) is 29.3 Å². The Bertz CT molecular complexity index is 539. The van der Waals surface area contributed by atoms with E-state index in [0.717, 1.165) is 23.3 Å². The highest BCUT2D eigenvalue weighted by atomic mass is 35.5. The van der Waals surface area contributed by atoms with Gasteiger partial charge in [-0.05, 0) is 38.8 Å². The molecule has 1 aliphatic heterocycles. The van der Waals surface area contributed by atoms with Crippen LogP contribution in [0.5, 0.6) is 5.75 Å². The molecule has 3 atom stereocenters. The average molecular weight is 357 g/mol. The molecule has 1 unspecified atom stereocenters. The fourth-order valence-electron chi connectivity index (χ4n) is 2.54. The lowest BCUT2D eigenvalue weighted by Crippen LogP contribution is -2.55. The lowest BCUT2D eigenvalue weighted by Gasteiger charge is -2.29. The third-order valence-electron chi connectivity index (χ3n) is 4.18. The molecule has 0 aliphatic carbocycles. The minimum Gasteiger partial charge on any atom is -0.490 e. The number of halogens is 1. The van der Waals surface area contributed by atoms with Crippen LogP contribution < -0.4 is 15.4 Å². The fraction of sp³-hybridized carbons (Fsp3) is 0.611. The normalized spacial score (nSPS) is 21.5. The quantitative estimate of drug-likeness (QED) is 0.822. The molecule has 1 aromatic rings. The standard InChI is InChI=1S/C18H28N2O3.ClH/c1-5-13(3)23-16-10-12(2)6-7-15(16)11-20-18(21)17-14(4)22-9-8-19-17;/h6-7,10,13-14,17,19H,5,8-9,11H2,1-4H3,(H,20,21);1H/t13?,14-,17+;/m1./s1. The monoisotopic (exact) mass is 356 g/mol. The van der Waals surface area contributed by atoms with Gasteiger partial charge >= 0.3 is 0 Å². The van der Waals surface area contributed by atoms with Crippen molar-refractivity contribution in [3.63, 3.8) is 0 Å². The zero-order valence-electron chi connectivity index (χ0n) is 14.9. The largest absolute Gasteiger partial charge is 0.490 e. The van der Waals surface area contributed by atoms with Gasteiger partial charge in [0.15, 0.2) is 0 Å². The average Bonchev–Trinajstić information content (AvgIpc) is 2.54. The first-order chi connectivity index (χ1) is 11.0. The van der Waals surface area contributed by atoms with Crippen LogP contribution in [0.1, 0.15) is 38.3 Å². The number of rotatable bonds is 6. The molecule has 0 spiro atoms. The van der Waals surface area contributed by atoms with E-state index in [-0.39, 0.29) is 36.6 Å². The van der Waals surface area contributed by atoms with Gasteiger partial charge in [0, 0.05) is 18.7 Å². The van der Waals surface area contributed by atoms with Gasteiger partial charge in [0.1, 0.15) is 11.8 Å². The second kappa shape index (κ2) is 9.87. The maximum absolute atomic E-state index is 12.3. The van der Waals surface area contributed by atoms with Crippen LogP contribution in [0.4, 0.5) is 0 Å². The van der Waals surface area contributed by atoms with Gasteiger partial charge in [-0.15, -0.1) is 12.4 Å². The minimum absolute atomic E-state index is 0. The van der Waals surface area contributed by atoms with Crippen LogP contribution in [0, 0.1) is 6.92 Å². The maximum Gasteiger partial charge on any atom is 0.240 e. The molecule has 6 heteroatoms. The van der Waals surface area contributed by atoms with Crippen LogP contribution in [0.25, 0.3) is 0 Å². The van der Waals surface area contributed by atoms with Gasteiger partial charge in [-0.25, -0.2) is 0 Å². The van der Waals surface area contributed by atoms with Crippen LogP contribution in [0.2, 0.25) is 0 Å². The Morgan fingerprint density at radius 1 is 1.50 bits per heavy atom. The molecule has 2 rings (SSSR count). The summed E-state index contributed by atoms with van der Waals surface area (Å²) in [5, 5.41) is 6.19. The van der Waals surface area contributed by atoms with E-state index >= 15 is 0 Å². The summed E-state index contributed by atoms with van der Waals surface area (Å²) in [5.41, 5.74) is 2.14. The molecular formula is C18H29ClN2O3. The summed E-state index contributed by atoms with van der Waals surface area (Å²) in [6.07, 6.45) is 0.984. The van der Waals surface area contributed by atoms with Crippen molar-refractivity contribution >= 4 is 18.3 Å². The van der Waals surface area contributed by atoms with Crippen molar-refractivity contribution in [2.45, 2.75) is 58.9 Å². The van der Waals surface area contributed by atoms with Gasteiger partial charge in [-0.2, -0.15) is 0 Å². The van der Waals surface area contributed by atoms with Gasteiger partial charge in [-0.1, -0.05) is 19.1 Å². The predicted octanol–water partition coefficient (Wildman–Crippen LogP) is 2.59. The van der Waals surface area contributed by atoms with E-state index in [0.29, 0.717) is 19.7 Å². The van der Waals surface area contributed by atoms with Crippen LogP contribution in [0.3, 0.4) is 0 Å². The number of carbonyl (C=O) groups excluding carboxylic acids is 1. The summed E-state index contributed by atoms with van der Waals surface area (Å²) in [7, 11) is 0. The number of nitrogens with one attached hydrogen (secondary N) is 2. The van der Waals surface area contributed by atoms with Gasteiger partial charge in [0.2, 0.25) is 5.91 Å². The molecule has 0 bridgehead atoms. The number of aryl methyl sites for hydroxylation is 1. The highest BCUT2D eigenvalue weighted by Gasteiger charge is 2.28. The summed E-state index contributed by atoms with van der Waals surface area (Å²) in [6.45, 7) is 9.91. The molecule has 1 fully saturated rings. The molecule has 136 valence electrons. The van der Waals surface area contributed by atoms with Gasteiger partial charge < -0.3 is 20.1 Å². The smallest absolute Gasteiger partial charge is 0.240 e. The molecular weight excluding hydrogens is 328 g/mol. The third-order valence-corrected chi connectivity index (χ3v) is 4.18. The van der Waals surface area contributed by atoms with Crippen molar-refractivity contribution in [1.29, 1.82) is 0 Å². The second-order valence-electron chi connectivity index (χ2n) is 6.17. The molecule has 2 N–H and O–H groups in total. The Kier molecular flexibility index (Phi) is 8.53. The zero-order valence-corrected chi connectivity index (χ0v) is 15.7. The Hall–Kier alpha value is -1.30. The van der Waals surface area contributed by atoms with Gasteiger partial charge in [-0.3, -0.25) is 4.79 Å². The molecule has 0 aromatic heterocycles. The molecule has 0 radical (unpaired) electrons. The topological polar surface area (TPSA) is 59.6 Å². The van der Waals surface area contributed by atoms with Crippen LogP contribution >= 0.6 is 12.4 Å². The summed E-state index contributed by atoms with van der Waals surface area (Å²) in [5.74, 6) is 0.813. The molecule has 1 amide bonds. The van der Waals surface area contributed by atoms with Gasteiger partial charge in [0.25, 0.3) is 0 Å². The Morgan fingerprint density at radius 3 is 2.92 bits per heavy atom. The van der Waals surface area contributed by atoms with E-state index < -0.39 is 0 Å². The third kappa shape index (κ3) is 5.65. The first-order valence-corrected chi connectivity index (χ1v) is 8.40. The van der Waals surface area contributed by atoms with Crippen molar-refractivity contribution in [2.75, 3.05) is 13.2 Å². The Labute approximate surface area is 150 Å². The van der Waals surface area contributed by atoms with Crippen LogP contribution in [-0.2, 0) is 16.1 Å². The molecule has 1 saturated heterocycles. The molecule has 0 saturated carbocycles. The fourth-order valence-corrected chi connectivity index (χ4v) is 2.54. The molecule has 1 aliphatic rings. The summed E-state index contributed by atoms with van der Waals surface area (Å²) < 4.78 is 11.5. The number of ether oxygens (including phenoxy) is 2. The van der Waals surface area contributed by atoms with Crippen LogP contribution in [0.15, 0.2) is 18.2 Å². The molecule has 1 heterocycles. The van der Waals surface area contributed by atoms with E-state index in [1.807, 2.05) is 32.0 Å². The van der Waals surface area contributed by atoms with Crippen molar-refractivity contribution in [3.8, 4) is 5.75 Å². The number of carbonyl (C=O) groups is 1. The highest BCUT2D eigenvalue weighted by molar-refractivity contribution is 5.85. The summed E-state index contributed by atoms with van der Waals surface area (Å²) in [4.78, 5) is 12.3. The van der Waals surface area contributed by atoms with E-state index in [4.69, 9.17) is 9.47 Å². The van der Waals surface area contributed by atoms with Crippen molar-refractivity contribution in [1.82, 2.24) is 10.6 Å². The predicted molar refractivity (Wildman–Crippen MR) is 97.9 cm³/mol. The van der Waals surface area contributed by atoms with E-state index in [9.17, 15) is 4.79 Å². The molecule has 24 heavy (non-hydrogen) atoms. The number of amides is 1. The molecule has 1 aromatic carbocycles. The summed E-state index contributed by atoms with van der Waals surface area (Å²) >= 11 is 0. The number of morpholine rings is 1. The minimum atomic E-state index is -0.298. The van der Waals surface area contributed by atoms with Crippen LogP contribution in [-0.4, -0.2) is 37.3 Å². The lowest BCUT2D eigenvalue weighted by molar-refractivity contribution is -0.129. The SMILES string of the molecule is CCC(C)Oc1cc(C)ccc1CNC(=O)[C@H]1NCCO[C@@H]1C.Cl. The first-order valence-electron chi connectivity index (χ1n) is 8.40. The highest BCUT2D eigenvalue weighted by Crippen LogP contribution is 2.22. The Morgan fingerprint density at radius 2 is 2.25 bits per heavy atom. The van der Waals surface area contributed by atoms with E-state index in [1.54, 1.807) is 0 Å². The van der Waals surface area contributed by atoms with Crippen molar-refractivity contribution < 1.29 is 14.3 Å². The number of benzene rings is 1. The summed E-state index contributed by atoms with van der Waals surface area (Å²) in [6, 6.07) is 5.78. The lowest BCUT2D eigenvalue weighted by atomic mass is 10.1. The van der Waals surface area contributed by atoms with Gasteiger partial charge in [0.05, 0.1) is 18.8 Å². The first kappa shape index (κ1) is 20.7. The number of hydrogen-bond donors (Lipinski definition) is 2. The maximum atomic E-state index is 12.3. The van der Waals surface area contributed by atoms with E-state index in [1.165, 1.54) is 0 Å². The van der Waals surface area contributed by atoms with Crippen molar-refractivity contribution in [2.24, 2.45) is 0 Å². The van der Waals surface area contributed by atoms with E-state index in [2.05, 4.69) is 24.5 Å².